The van der Waals surface area contributed by atoms with Crippen molar-refractivity contribution >= 4 is 51.4 Å². The molecule has 0 aromatic heterocycles. The fourth-order valence-corrected chi connectivity index (χ4v) is 4.92. The number of hydrogen-bond donors (Lipinski definition) is 6. The number of aliphatic carboxylic acids is 3. The Morgan fingerprint density at radius 2 is 1.26 bits per heavy atom. The van der Waals surface area contributed by atoms with Gasteiger partial charge in [0, 0.05) is 18.9 Å². The maximum Gasteiger partial charge on any atom is 0.326 e. The van der Waals surface area contributed by atoms with Crippen LogP contribution in [0.4, 0.5) is 4.79 Å². The quantitative estimate of drug-likeness (QED) is 0.109. The number of urea groups is 1. The number of hydrogen-bond acceptors (Lipinski definition) is 5. The summed E-state index contributed by atoms with van der Waals surface area (Å²) in [5.74, 6) is -4.11. The van der Waals surface area contributed by atoms with Gasteiger partial charge in [0.1, 0.15) is 12.1 Å². The lowest BCUT2D eigenvalue weighted by atomic mass is 9.90. The molecule has 0 aliphatic heterocycles. The number of rotatable bonds is 16. The molecule has 0 saturated carbocycles. The van der Waals surface area contributed by atoms with E-state index in [9.17, 15) is 34.2 Å². The van der Waals surface area contributed by atoms with Gasteiger partial charge in [-0.3, -0.25) is 9.59 Å². The SMILES string of the molecule is C[C@@H](Cc1c2ccccc2cc2ccccc12)C(=O)NCCCC[C@H](NC(=O)N[C@@H](CCCC(=O)O)C(=O)O)C(=O)O. The Labute approximate surface area is 243 Å². The molecule has 0 saturated heterocycles. The Bertz CT molecular complexity index is 1390. The third-order valence-electron chi connectivity index (χ3n) is 7.15. The first kappa shape index (κ1) is 31.9. The van der Waals surface area contributed by atoms with Gasteiger partial charge in [-0.2, -0.15) is 0 Å². The van der Waals surface area contributed by atoms with Crippen LogP contribution in [-0.4, -0.2) is 63.8 Å². The van der Waals surface area contributed by atoms with E-state index in [1.54, 1.807) is 0 Å². The van der Waals surface area contributed by atoms with Crippen LogP contribution in [0.3, 0.4) is 0 Å². The lowest BCUT2D eigenvalue weighted by Gasteiger charge is -2.19. The zero-order valence-electron chi connectivity index (χ0n) is 23.5. The molecule has 224 valence electrons. The summed E-state index contributed by atoms with van der Waals surface area (Å²) < 4.78 is 0. The molecule has 0 aliphatic rings. The molecule has 0 heterocycles. The van der Waals surface area contributed by atoms with Gasteiger partial charge in [-0.15, -0.1) is 0 Å². The predicted octanol–water partition coefficient (Wildman–Crippen LogP) is 3.92. The van der Waals surface area contributed by atoms with Gasteiger partial charge in [-0.05, 0) is 71.7 Å². The Balaban J connectivity index is 1.47. The normalized spacial score (nSPS) is 13.2. The second-order valence-corrected chi connectivity index (χ2v) is 10.4. The van der Waals surface area contributed by atoms with Crippen LogP contribution in [-0.2, 0) is 25.6 Å². The highest BCUT2D eigenvalue weighted by atomic mass is 16.4. The van der Waals surface area contributed by atoms with Gasteiger partial charge in [-0.1, -0.05) is 55.5 Å². The molecule has 3 rings (SSSR count). The lowest BCUT2D eigenvalue weighted by molar-refractivity contribution is -0.140. The van der Waals surface area contributed by atoms with Gasteiger partial charge in [0.25, 0.3) is 0 Å². The zero-order chi connectivity index (χ0) is 30.6. The Morgan fingerprint density at radius 1 is 0.738 bits per heavy atom. The van der Waals surface area contributed by atoms with Crippen LogP contribution in [0.25, 0.3) is 21.5 Å². The summed E-state index contributed by atoms with van der Waals surface area (Å²) in [6.07, 6.45) is 1.19. The van der Waals surface area contributed by atoms with Gasteiger partial charge in [0.15, 0.2) is 0 Å². The lowest BCUT2D eigenvalue weighted by Crippen LogP contribution is -2.51. The fourth-order valence-electron chi connectivity index (χ4n) is 4.92. The number of benzene rings is 3. The molecular formula is C31H37N3O8. The topological polar surface area (TPSA) is 182 Å². The second kappa shape index (κ2) is 15.4. The van der Waals surface area contributed by atoms with Gasteiger partial charge < -0.3 is 31.3 Å². The van der Waals surface area contributed by atoms with Crippen molar-refractivity contribution in [2.75, 3.05) is 6.54 Å². The summed E-state index contributed by atoms with van der Waals surface area (Å²) in [6.45, 7) is 2.21. The van der Waals surface area contributed by atoms with Crippen molar-refractivity contribution in [2.24, 2.45) is 5.92 Å². The average molecular weight is 580 g/mol. The summed E-state index contributed by atoms with van der Waals surface area (Å²) >= 11 is 0. The number of carbonyl (C=O) groups is 5. The largest absolute Gasteiger partial charge is 0.481 e. The maximum atomic E-state index is 12.9. The second-order valence-electron chi connectivity index (χ2n) is 10.4. The number of unbranched alkanes of at least 4 members (excludes halogenated alkanes) is 1. The van der Waals surface area contributed by atoms with Crippen molar-refractivity contribution < 1.29 is 39.3 Å². The van der Waals surface area contributed by atoms with E-state index >= 15 is 0 Å². The Kier molecular flexibility index (Phi) is 11.7. The van der Waals surface area contributed by atoms with Crippen molar-refractivity contribution in [1.82, 2.24) is 16.0 Å². The fraction of sp³-hybridized carbons (Fsp3) is 0.387. The maximum absolute atomic E-state index is 12.9. The summed E-state index contributed by atoms with van der Waals surface area (Å²) in [4.78, 5) is 58.7. The van der Waals surface area contributed by atoms with E-state index in [1.807, 2.05) is 31.2 Å². The van der Waals surface area contributed by atoms with E-state index in [-0.39, 0.29) is 37.5 Å². The van der Waals surface area contributed by atoms with Crippen molar-refractivity contribution in [3.05, 3.63) is 60.2 Å². The molecule has 6 N–H and O–H groups in total. The van der Waals surface area contributed by atoms with E-state index < -0.39 is 36.0 Å². The minimum absolute atomic E-state index is 0.0395. The number of nitrogens with one attached hydrogen (secondary N) is 3. The number of carboxylic acids is 3. The molecule has 3 aromatic rings. The van der Waals surface area contributed by atoms with Crippen LogP contribution < -0.4 is 16.0 Å². The molecule has 42 heavy (non-hydrogen) atoms. The molecule has 0 fully saturated rings. The molecule has 3 amide bonds. The summed E-state index contributed by atoms with van der Waals surface area (Å²) in [6, 6.07) is 14.8. The van der Waals surface area contributed by atoms with E-state index in [0.29, 0.717) is 25.8 Å². The Hall–Kier alpha value is -4.67. The first-order chi connectivity index (χ1) is 20.1. The highest BCUT2D eigenvalue weighted by Gasteiger charge is 2.24. The molecule has 3 atom stereocenters. The van der Waals surface area contributed by atoms with Crippen molar-refractivity contribution in [3.63, 3.8) is 0 Å². The van der Waals surface area contributed by atoms with E-state index in [1.165, 1.54) is 0 Å². The van der Waals surface area contributed by atoms with E-state index in [4.69, 9.17) is 5.11 Å². The number of fused-ring (bicyclic) bond motifs is 2. The predicted molar refractivity (Wildman–Crippen MR) is 157 cm³/mol. The third-order valence-corrected chi connectivity index (χ3v) is 7.15. The van der Waals surface area contributed by atoms with Crippen LogP contribution in [0.5, 0.6) is 0 Å². The number of carbonyl (C=O) groups excluding carboxylic acids is 2. The summed E-state index contributed by atoms with van der Waals surface area (Å²) in [7, 11) is 0. The Morgan fingerprint density at radius 3 is 1.79 bits per heavy atom. The van der Waals surface area contributed by atoms with Gasteiger partial charge in [0.2, 0.25) is 5.91 Å². The van der Waals surface area contributed by atoms with Crippen LogP contribution in [0.1, 0.15) is 51.0 Å². The highest BCUT2D eigenvalue weighted by molar-refractivity contribution is 6.02. The van der Waals surface area contributed by atoms with Crippen LogP contribution in [0.15, 0.2) is 54.6 Å². The van der Waals surface area contributed by atoms with Crippen LogP contribution in [0.2, 0.25) is 0 Å². The minimum atomic E-state index is -1.35. The molecule has 0 bridgehead atoms. The molecule has 3 aromatic carbocycles. The van der Waals surface area contributed by atoms with Crippen molar-refractivity contribution in [1.29, 1.82) is 0 Å². The summed E-state index contributed by atoms with van der Waals surface area (Å²) in [5, 5.41) is 39.2. The van der Waals surface area contributed by atoms with E-state index in [2.05, 4.69) is 46.3 Å². The molecule has 0 unspecified atom stereocenters. The van der Waals surface area contributed by atoms with Gasteiger partial charge in [0.05, 0.1) is 0 Å². The first-order valence-corrected chi connectivity index (χ1v) is 14.0. The van der Waals surface area contributed by atoms with Crippen LogP contribution >= 0.6 is 0 Å². The monoisotopic (exact) mass is 579 g/mol. The zero-order valence-corrected chi connectivity index (χ0v) is 23.5. The van der Waals surface area contributed by atoms with Gasteiger partial charge in [-0.25, -0.2) is 14.4 Å². The van der Waals surface area contributed by atoms with E-state index in [0.717, 1.165) is 27.1 Å². The number of amides is 3. The molecule has 11 heteroatoms. The molecule has 0 spiro atoms. The van der Waals surface area contributed by atoms with Crippen LogP contribution in [0, 0.1) is 5.92 Å². The van der Waals surface area contributed by atoms with Crippen molar-refractivity contribution in [3.8, 4) is 0 Å². The highest BCUT2D eigenvalue weighted by Crippen LogP contribution is 2.30. The van der Waals surface area contributed by atoms with Crippen molar-refractivity contribution in [2.45, 2.75) is 64.0 Å². The standard InChI is InChI=1S/C31H37N3O8/c1-19(17-24-22-11-4-2-9-20(22)18-21-10-3-5-12-23(21)24)28(37)32-16-7-6-13-25(29(38)39)33-31(42)34-26(30(40)41)14-8-15-27(35)36/h2-5,9-12,18-19,25-26H,6-8,13-17H2,1H3,(H,32,37)(H,35,36)(H,38,39)(H,40,41)(H2,33,34,42)/t19-,25-,26-/m0/s1. The first-order valence-electron chi connectivity index (χ1n) is 14.0. The smallest absolute Gasteiger partial charge is 0.326 e. The number of carboxylic acid groups (broad SMARTS) is 3. The minimum Gasteiger partial charge on any atom is -0.481 e. The summed E-state index contributed by atoms with van der Waals surface area (Å²) in [5.41, 5.74) is 1.12. The molecule has 0 radical (unpaired) electrons. The van der Waals surface area contributed by atoms with Gasteiger partial charge >= 0.3 is 23.9 Å². The molecule has 0 aliphatic carbocycles. The average Bonchev–Trinajstić information content (AvgIpc) is 2.95. The molecule has 11 nitrogen and oxygen atoms in total. The third kappa shape index (κ3) is 9.18. The molecular weight excluding hydrogens is 542 g/mol.